The standard InChI is InChI=1S/C4H12N2O.ClH/c1-4(2,3-5)7-6;/h3,5-6H2,1-2H3;1H. The van der Waals surface area contributed by atoms with Crippen molar-refractivity contribution < 1.29 is 4.84 Å². The Morgan fingerprint density at radius 3 is 1.88 bits per heavy atom. The van der Waals surface area contributed by atoms with Crippen LogP contribution < -0.4 is 11.6 Å². The van der Waals surface area contributed by atoms with E-state index >= 15 is 0 Å². The molecule has 52 valence electrons. The van der Waals surface area contributed by atoms with Gasteiger partial charge in [0.15, 0.2) is 0 Å². The molecule has 0 aliphatic heterocycles. The van der Waals surface area contributed by atoms with E-state index in [4.69, 9.17) is 11.6 Å². The molecule has 0 saturated heterocycles. The molecule has 0 spiro atoms. The molecule has 0 atom stereocenters. The van der Waals surface area contributed by atoms with Crippen LogP contribution >= 0.6 is 12.4 Å². The Hall–Kier alpha value is 0.170. The summed E-state index contributed by atoms with van der Waals surface area (Å²) in [4.78, 5) is 4.46. The van der Waals surface area contributed by atoms with Gasteiger partial charge in [-0.05, 0) is 13.8 Å². The van der Waals surface area contributed by atoms with E-state index in [-0.39, 0.29) is 18.0 Å². The highest BCUT2D eigenvalue weighted by Crippen LogP contribution is 1.99. The van der Waals surface area contributed by atoms with Crippen molar-refractivity contribution in [3.63, 3.8) is 0 Å². The van der Waals surface area contributed by atoms with Gasteiger partial charge in [-0.1, -0.05) is 0 Å². The minimum Gasteiger partial charge on any atom is -0.328 e. The van der Waals surface area contributed by atoms with Crippen LogP contribution in [0.25, 0.3) is 0 Å². The maximum absolute atomic E-state index is 5.21. The number of nitrogens with two attached hydrogens (primary N) is 2. The van der Waals surface area contributed by atoms with Gasteiger partial charge in [0.25, 0.3) is 0 Å². The number of halogens is 1. The highest BCUT2D eigenvalue weighted by Gasteiger charge is 2.12. The van der Waals surface area contributed by atoms with Crippen molar-refractivity contribution in [2.45, 2.75) is 19.4 Å². The molecule has 0 aliphatic rings. The molecule has 0 aromatic carbocycles. The summed E-state index contributed by atoms with van der Waals surface area (Å²) in [5.74, 6) is 4.84. The molecular formula is C4H13ClN2O. The van der Waals surface area contributed by atoms with Crippen LogP contribution in [0.1, 0.15) is 13.8 Å². The first kappa shape index (κ1) is 11.0. The second kappa shape index (κ2) is 4.09. The summed E-state index contributed by atoms with van der Waals surface area (Å²) in [7, 11) is 0. The average molecular weight is 141 g/mol. The normalized spacial score (nSPS) is 10.5. The van der Waals surface area contributed by atoms with Gasteiger partial charge in [-0.15, -0.1) is 12.4 Å². The first-order chi connectivity index (χ1) is 3.12. The Labute approximate surface area is 55.7 Å². The third-order valence-electron chi connectivity index (χ3n) is 0.811. The highest BCUT2D eigenvalue weighted by molar-refractivity contribution is 5.85. The lowest BCUT2D eigenvalue weighted by atomic mass is 10.1. The lowest BCUT2D eigenvalue weighted by Crippen LogP contribution is -2.36. The van der Waals surface area contributed by atoms with Crippen LogP contribution in [0.4, 0.5) is 0 Å². The van der Waals surface area contributed by atoms with Crippen LogP contribution in [0.2, 0.25) is 0 Å². The maximum atomic E-state index is 5.21. The topological polar surface area (TPSA) is 61.3 Å². The second-order valence-corrected chi connectivity index (χ2v) is 2.08. The van der Waals surface area contributed by atoms with Gasteiger partial charge in [0, 0.05) is 6.54 Å². The fraction of sp³-hybridized carbons (Fsp3) is 1.00. The third-order valence-corrected chi connectivity index (χ3v) is 0.811. The molecule has 4 heteroatoms. The van der Waals surface area contributed by atoms with E-state index in [1.165, 1.54) is 0 Å². The number of hydrogen-bond donors (Lipinski definition) is 2. The van der Waals surface area contributed by atoms with E-state index in [0.717, 1.165) is 0 Å². The zero-order valence-electron chi connectivity index (χ0n) is 5.18. The Morgan fingerprint density at radius 1 is 1.50 bits per heavy atom. The highest BCUT2D eigenvalue weighted by atomic mass is 35.5. The molecule has 0 aliphatic carbocycles. The van der Waals surface area contributed by atoms with Crippen LogP contribution in [-0.2, 0) is 4.84 Å². The average Bonchev–Trinajstić information content (AvgIpc) is 1.68. The van der Waals surface area contributed by atoms with Gasteiger partial charge in [-0.3, -0.25) is 4.84 Å². The van der Waals surface area contributed by atoms with Gasteiger partial charge in [0.1, 0.15) is 0 Å². The quantitative estimate of drug-likeness (QED) is 0.533. The maximum Gasteiger partial charge on any atom is 0.0959 e. The fourth-order valence-electron chi connectivity index (χ4n) is 0.0481. The van der Waals surface area contributed by atoms with E-state index in [1.54, 1.807) is 0 Å². The molecule has 0 aromatic rings. The molecule has 0 saturated carbocycles. The summed E-state index contributed by atoms with van der Waals surface area (Å²) in [5.41, 5.74) is 4.85. The van der Waals surface area contributed by atoms with Crippen molar-refractivity contribution in [1.29, 1.82) is 0 Å². The SMILES string of the molecule is CC(C)(CN)ON.Cl. The van der Waals surface area contributed by atoms with Crippen molar-refractivity contribution in [2.24, 2.45) is 11.6 Å². The Morgan fingerprint density at radius 2 is 1.88 bits per heavy atom. The van der Waals surface area contributed by atoms with Crippen LogP contribution in [0, 0.1) is 0 Å². The summed E-state index contributed by atoms with van der Waals surface area (Å²) in [6.45, 7) is 4.10. The van der Waals surface area contributed by atoms with E-state index in [1.807, 2.05) is 13.8 Å². The van der Waals surface area contributed by atoms with Gasteiger partial charge < -0.3 is 5.73 Å². The molecule has 0 radical (unpaired) electrons. The van der Waals surface area contributed by atoms with Gasteiger partial charge in [-0.25, -0.2) is 5.90 Å². The smallest absolute Gasteiger partial charge is 0.0959 e. The predicted octanol–water partition coefficient (Wildman–Crippen LogP) is 0.0358. The minimum atomic E-state index is -0.361. The monoisotopic (exact) mass is 140 g/mol. The molecule has 8 heavy (non-hydrogen) atoms. The molecule has 0 amide bonds. The molecule has 0 fully saturated rings. The molecular weight excluding hydrogens is 128 g/mol. The summed E-state index contributed by atoms with van der Waals surface area (Å²) in [6.07, 6.45) is 0. The van der Waals surface area contributed by atoms with Crippen LogP contribution in [-0.4, -0.2) is 12.1 Å². The van der Waals surface area contributed by atoms with Gasteiger partial charge in [0.05, 0.1) is 5.60 Å². The molecule has 0 unspecified atom stereocenters. The fourth-order valence-corrected chi connectivity index (χ4v) is 0.0481. The van der Waals surface area contributed by atoms with Crippen molar-refractivity contribution in [3.05, 3.63) is 0 Å². The zero-order valence-corrected chi connectivity index (χ0v) is 5.99. The van der Waals surface area contributed by atoms with E-state index < -0.39 is 0 Å². The number of hydrogen-bond acceptors (Lipinski definition) is 3. The largest absolute Gasteiger partial charge is 0.328 e. The Kier molecular flexibility index (Phi) is 5.64. The van der Waals surface area contributed by atoms with E-state index in [0.29, 0.717) is 6.54 Å². The predicted molar refractivity (Wildman–Crippen MR) is 35.7 cm³/mol. The zero-order chi connectivity index (χ0) is 5.91. The number of rotatable bonds is 2. The minimum absolute atomic E-state index is 0. The summed E-state index contributed by atoms with van der Waals surface area (Å²) in [5, 5.41) is 0. The summed E-state index contributed by atoms with van der Waals surface area (Å²) >= 11 is 0. The van der Waals surface area contributed by atoms with Crippen LogP contribution in [0.15, 0.2) is 0 Å². The molecule has 3 nitrogen and oxygen atoms in total. The van der Waals surface area contributed by atoms with Crippen LogP contribution in [0.3, 0.4) is 0 Å². The van der Waals surface area contributed by atoms with Crippen molar-refractivity contribution >= 4 is 12.4 Å². The van der Waals surface area contributed by atoms with Gasteiger partial charge in [-0.2, -0.15) is 0 Å². The van der Waals surface area contributed by atoms with Crippen LogP contribution in [0.5, 0.6) is 0 Å². The molecule has 4 N–H and O–H groups in total. The molecule has 0 rings (SSSR count). The molecule has 0 aromatic heterocycles. The summed E-state index contributed by atoms with van der Waals surface area (Å²) < 4.78 is 0. The lowest BCUT2D eigenvalue weighted by molar-refractivity contribution is -0.0119. The Balaban J connectivity index is 0. The summed E-state index contributed by atoms with van der Waals surface area (Å²) in [6, 6.07) is 0. The third kappa shape index (κ3) is 4.33. The first-order valence-corrected chi connectivity index (χ1v) is 2.20. The van der Waals surface area contributed by atoms with Gasteiger partial charge >= 0.3 is 0 Å². The van der Waals surface area contributed by atoms with Gasteiger partial charge in [0.2, 0.25) is 0 Å². The molecule has 0 heterocycles. The van der Waals surface area contributed by atoms with Crippen molar-refractivity contribution in [3.8, 4) is 0 Å². The first-order valence-electron chi connectivity index (χ1n) is 2.20. The lowest BCUT2D eigenvalue weighted by Gasteiger charge is -2.17. The van der Waals surface area contributed by atoms with Crippen molar-refractivity contribution in [2.75, 3.05) is 6.54 Å². The van der Waals surface area contributed by atoms with E-state index in [2.05, 4.69) is 4.84 Å². The molecule has 0 bridgehead atoms. The Bertz CT molecular complexity index is 52.0. The van der Waals surface area contributed by atoms with Crippen molar-refractivity contribution in [1.82, 2.24) is 0 Å². The van der Waals surface area contributed by atoms with E-state index in [9.17, 15) is 0 Å². The second-order valence-electron chi connectivity index (χ2n) is 2.08.